The lowest BCUT2D eigenvalue weighted by Gasteiger charge is -2.35. The molecule has 0 aromatic heterocycles. The topological polar surface area (TPSA) is 61.8 Å². The van der Waals surface area contributed by atoms with Gasteiger partial charge in [-0.15, -0.1) is 0 Å². The molecule has 0 bridgehead atoms. The number of nitrogens with one attached hydrogen (secondary N) is 1. The van der Waals surface area contributed by atoms with E-state index in [9.17, 15) is 9.90 Å². The highest BCUT2D eigenvalue weighted by Gasteiger charge is 2.34. The van der Waals surface area contributed by atoms with Crippen molar-refractivity contribution in [3.63, 3.8) is 0 Å². The van der Waals surface area contributed by atoms with E-state index in [1.165, 1.54) is 13.5 Å². The van der Waals surface area contributed by atoms with Gasteiger partial charge in [-0.05, 0) is 19.3 Å². The van der Waals surface area contributed by atoms with Crippen LogP contribution in [0.4, 0.5) is 4.79 Å². The quantitative estimate of drug-likeness (QED) is 0.749. The normalized spacial score (nSPS) is 34.6. The average molecular weight is 242 g/mol. The van der Waals surface area contributed by atoms with E-state index in [0.29, 0.717) is 0 Å². The molecule has 3 unspecified atom stereocenters. The Morgan fingerprint density at radius 2 is 2.12 bits per heavy atom. The molecule has 2 N–H and O–H groups in total. The van der Waals surface area contributed by atoms with Crippen molar-refractivity contribution in [3.8, 4) is 0 Å². The summed E-state index contributed by atoms with van der Waals surface area (Å²) < 4.78 is 4.60. The Balaban J connectivity index is 1.82. The van der Waals surface area contributed by atoms with Crippen LogP contribution in [0.1, 0.15) is 32.1 Å². The fourth-order valence-corrected chi connectivity index (χ4v) is 2.95. The summed E-state index contributed by atoms with van der Waals surface area (Å²) in [5.74, 6) is 0. The molecule has 2 rings (SSSR count). The first-order valence-corrected chi connectivity index (χ1v) is 6.47. The molecule has 1 saturated heterocycles. The van der Waals surface area contributed by atoms with Crippen LogP contribution >= 0.6 is 0 Å². The molecule has 2 fully saturated rings. The minimum atomic E-state index is -0.360. The minimum Gasteiger partial charge on any atom is -0.453 e. The lowest BCUT2D eigenvalue weighted by molar-refractivity contribution is 0.0302. The molecule has 17 heavy (non-hydrogen) atoms. The zero-order valence-corrected chi connectivity index (χ0v) is 10.4. The van der Waals surface area contributed by atoms with Crippen LogP contribution in [0.25, 0.3) is 0 Å². The number of methoxy groups -OCH3 is 1. The first-order chi connectivity index (χ1) is 8.20. The van der Waals surface area contributed by atoms with E-state index in [-0.39, 0.29) is 24.3 Å². The van der Waals surface area contributed by atoms with Gasteiger partial charge in [0.05, 0.1) is 13.2 Å². The zero-order valence-electron chi connectivity index (χ0n) is 10.4. The number of carbonyl (C=O) groups is 1. The molecular formula is C12H22N2O3. The van der Waals surface area contributed by atoms with Gasteiger partial charge in [-0.2, -0.15) is 0 Å². The number of hydrogen-bond acceptors (Lipinski definition) is 4. The highest BCUT2D eigenvalue weighted by Crippen LogP contribution is 2.26. The van der Waals surface area contributed by atoms with Gasteiger partial charge in [0.1, 0.15) is 0 Å². The van der Waals surface area contributed by atoms with Crippen LogP contribution in [0.5, 0.6) is 0 Å². The van der Waals surface area contributed by atoms with Crippen molar-refractivity contribution in [1.82, 2.24) is 10.2 Å². The van der Waals surface area contributed by atoms with Crippen LogP contribution in [0.3, 0.4) is 0 Å². The largest absolute Gasteiger partial charge is 0.453 e. The smallest absolute Gasteiger partial charge is 0.407 e. The molecule has 2 aliphatic rings. The second-order valence-electron chi connectivity index (χ2n) is 5.04. The summed E-state index contributed by atoms with van der Waals surface area (Å²) in [5, 5.41) is 12.8. The van der Waals surface area contributed by atoms with Crippen LogP contribution < -0.4 is 5.32 Å². The van der Waals surface area contributed by atoms with Crippen LogP contribution in [-0.2, 0) is 4.74 Å². The fourth-order valence-electron chi connectivity index (χ4n) is 2.95. The number of ether oxygens (including phenoxy) is 1. The van der Waals surface area contributed by atoms with Crippen molar-refractivity contribution in [2.75, 3.05) is 20.2 Å². The lowest BCUT2D eigenvalue weighted by Crippen LogP contribution is -2.46. The van der Waals surface area contributed by atoms with Crippen LogP contribution in [0, 0.1) is 0 Å². The molecule has 0 aromatic rings. The number of carbonyl (C=O) groups excluding carboxylic acids is 1. The average Bonchev–Trinajstić information content (AvgIpc) is 2.78. The van der Waals surface area contributed by atoms with Crippen LogP contribution in [-0.4, -0.2) is 54.5 Å². The van der Waals surface area contributed by atoms with Crippen molar-refractivity contribution in [1.29, 1.82) is 0 Å². The summed E-state index contributed by atoms with van der Waals surface area (Å²) in [6, 6.07) is 0.449. The van der Waals surface area contributed by atoms with Gasteiger partial charge in [0.25, 0.3) is 0 Å². The molecule has 0 radical (unpaired) electrons. The number of aliphatic hydroxyl groups excluding tert-OH is 1. The summed E-state index contributed by atoms with van der Waals surface area (Å²) in [6.07, 6.45) is 4.71. The van der Waals surface area contributed by atoms with Gasteiger partial charge in [0.15, 0.2) is 0 Å². The Bertz CT molecular complexity index is 272. The number of hydrogen-bond donors (Lipinski definition) is 2. The zero-order chi connectivity index (χ0) is 12.3. The van der Waals surface area contributed by atoms with Crippen LogP contribution in [0.2, 0.25) is 0 Å². The second-order valence-corrected chi connectivity index (χ2v) is 5.04. The number of likely N-dealkylation sites (tertiary alicyclic amines) is 1. The Labute approximate surface area is 102 Å². The Morgan fingerprint density at radius 1 is 1.35 bits per heavy atom. The van der Waals surface area contributed by atoms with E-state index in [4.69, 9.17) is 0 Å². The van der Waals surface area contributed by atoms with Gasteiger partial charge in [-0.3, -0.25) is 4.90 Å². The summed E-state index contributed by atoms with van der Waals surface area (Å²) >= 11 is 0. The molecule has 98 valence electrons. The van der Waals surface area contributed by atoms with Crippen molar-refractivity contribution in [2.24, 2.45) is 0 Å². The van der Waals surface area contributed by atoms with Gasteiger partial charge < -0.3 is 15.2 Å². The van der Waals surface area contributed by atoms with E-state index in [2.05, 4.69) is 15.0 Å². The molecular weight excluding hydrogens is 220 g/mol. The maximum absolute atomic E-state index is 11.1. The third-order valence-corrected chi connectivity index (χ3v) is 3.89. The monoisotopic (exact) mass is 242 g/mol. The van der Waals surface area contributed by atoms with E-state index >= 15 is 0 Å². The minimum absolute atomic E-state index is 0.163. The molecule has 1 heterocycles. The molecule has 0 spiro atoms. The molecule has 5 heteroatoms. The summed E-state index contributed by atoms with van der Waals surface area (Å²) in [6.45, 7) is 1.78. The third-order valence-electron chi connectivity index (χ3n) is 3.89. The summed E-state index contributed by atoms with van der Waals surface area (Å²) in [4.78, 5) is 13.4. The highest BCUT2D eigenvalue weighted by molar-refractivity contribution is 5.67. The molecule has 1 aliphatic carbocycles. The second kappa shape index (κ2) is 5.69. The Morgan fingerprint density at radius 3 is 2.82 bits per heavy atom. The van der Waals surface area contributed by atoms with Gasteiger partial charge in [0, 0.05) is 25.2 Å². The number of nitrogens with zero attached hydrogens (tertiary/aromatic N) is 1. The standard InChI is InChI=1S/C12H22N2O3/c1-17-12(16)13-9-6-7-14(8-9)10-4-2-3-5-11(10)15/h9-11,15H,2-8H2,1H3,(H,13,16). The van der Waals surface area contributed by atoms with Crippen LogP contribution in [0.15, 0.2) is 0 Å². The Hall–Kier alpha value is -0.810. The van der Waals surface area contributed by atoms with Gasteiger partial charge in [-0.1, -0.05) is 12.8 Å². The maximum atomic E-state index is 11.1. The molecule has 1 aliphatic heterocycles. The Kier molecular flexibility index (Phi) is 4.23. The number of alkyl carbamates (subject to hydrolysis) is 1. The van der Waals surface area contributed by atoms with Gasteiger partial charge >= 0.3 is 6.09 Å². The van der Waals surface area contributed by atoms with Crippen molar-refractivity contribution < 1.29 is 14.6 Å². The number of amides is 1. The van der Waals surface area contributed by atoms with Crippen molar-refractivity contribution in [2.45, 2.75) is 50.3 Å². The summed E-state index contributed by atoms with van der Waals surface area (Å²) in [7, 11) is 1.38. The SMILES string of the molecule is COC(=O)NC1CCN(C2CCCCC2O)C1. The highest BCUT2D eigenvalue weighted by atomic mass is 16.5. The van der Waals surface area contributed by atoms with Gasteiger partial charge in [0.2, 0.25) is 0 Å². The van der Waals surface area contributed by atoms with E-state index < -0.39 is 0 Å². The summed E-state index contributed by atoms with van der Waals surface area (Å²) in [5.41, 5.74) is 0. The maximum Gasteiger partial charge on any atom is 0.407 e. The van der Waals surface area contributed by atoms with E-state index in [1.807, 2.05) is 0 Å². The van der Waals surface area contributed by atoms with E-state index in [1.54, 1.807) is 0 Å². The first kappa shape index (κ1) is 12.6. The van der Waals surface area contributed by atoms with E-state index in [0.717, 1.165) is 38.8 Å². The van der Waals surface area contributed by atoms with Crippen molar-refractivity contribution >= 4 is 6.09 Å². The predicted octanol–water partition coefficient (Wildman–Crippen LogP) is 0.720. The predicted molar refractivity (Wildman–Crippen MR) is 63.8 cm³/mol. The molecule has 5 nitrogen and oxygen atoms in total. The third kappa shape index (κ3) is 3.10. The lowest BCUT2D eigenvalue weighted by atomic mass is 9.91. The molecule has 0 aromatic carbocycles. The first-order valence-electron chi connectivity index (χ1n) is 6.47. The molecule has 3 atom stereocenters. The molecule has 1 amide bonds. The number of aliphatic hydroxyl groups is 1. The molecule has 1 saturated carbocycles. The number of rotatable bonds is 2. The fraction of sp³-hybridized carbons (Fsp3) is 0.917. The van der Waals surface area contributed by atoms with Gasteiger partial charge in [-0.25, -0.2) is 4.79 Å². The van der Waals surface area contributed by atoms with Crippen molar-refractivity contribution in [3.05, 3.63) is 0 Å².